The molecule has 0 aliphatic carbocycles. The Balaban J connectivity index is 2.89. The van der Waals surface area contributed by atoms with Crippen LogP contribution >= 0.6 is 15.9 Å². The number of hydrogen-bond donors (Lipinski definition) is 2. The van der Waals surface area contributed by atoms with Crippen LogP contribution < -0.4 is 15.4 Å². The van der Waals surface area contributed by atoms with Gasteiger partial charge >= 0.3 is 6.03 Å². The first-order valence-electron chi connectivity index (χ1n) is 3.99. The molecule has 2 amide bonds. The lowest BCUT2D eigenvalue weighted by Crippen LogP contribution is -2.24. The van der Waals surface area contributed by atoms with E-state index < -0.39 is 0 Å². The highest BCUT2D eigenvalue weighted by Gasteiger charge is 2.04. The van der Waals surface area contributed by atoms with Crippen LogP contribution in [-0.4, -0.2) is 20.2 Å². The zero-order valence-electron chi connectivity index (χ0n) is 7.93. The SMILES string of the molecule is CNC(=O)Nc1cc(OC)ccc1Br. The van der Waals surface area contributed by atoms with Gasteiger partial charge in [0.2, 0.25) is 0 Å². The van der Waals surface area contributed by atoms with Gasteiger partial charge in [0.25, 0.3) is 0 Å². The number of ether oxygens (including phenoxy) is 1. The smallest absolute Gasteiger partial charge is 0.319 e. The van der Waals surface area contributed by atoms with Crippen LogP contribution in [0, 0.1) is 0 Å². The van der Waals surface area contributed by atoms with E-state index >= 15 is 0 Å². The van der Waals surface area contributed by atoms with Crippen LogP contribution in [0.15, 0.2) is 22.7 Å². The maximum atomic E-state index is 11.0. The van der Waals surface area contributed by atoms with Gasteiger partial charge in [-0.15, -0.1) is 0 Å². The van der Waals surface area contributed by atoms with Crippen LogP contribution in [0.1, 0.15) is 0 Å². The van der Waals surface area contributed by atoms with Crippen LogP contribution in [0.2, 0.25) is 0 Å². The standard InChI is InChI=1S/C9H11BrN2O2/c1-11-9(13)12-8-5-6(14-2)3-4-7(8)10/h3-5H,1-2H3,(H2,11,12,13). The third-order valence-corrected chi connectivity index (χ3v) is 2.34. The van der Waals surface area contributed by atoms with E-state index in [2.05, 4.69) is 26.6 Å². The van der Waals surface area contributed by atoms with Crippen molar-refractivity contribution in [1.82, 2.24) is 5.32 Å². The lowest BCUT2D eigenvalue weighted by Gasteiger charge is -2.08. The number of carbonyl (C=O) groups excluding carboxylic acids is 1. The van der Waals surface area contributed by atoms with Gasteiger partial charge in [0.15, 0.2) is 0 Å². The summed E-state index contributed by atoms with van der Waals surface area (Å²) in [5, 5.41) is 5.12. The number of anilines is 1. The molecule has 0 atom stereocenters. The van der Waals surface area contributed by atoms with Gasteiger partial charge < -0.3 is 15.4 Å². The molecule has 0 aliphatic heterocycles. The van der Waals surface area contributed by atoms with Crippen molar-refractivity contribution >= 4 is 27.6 Å². The molecule has 4 nitrogen and oxygen atoms in total. The van der Waals surface area contributed by atoms with E-state index in [1.807, 2.05) is 6.07 Å². The Kier molecular flexibility index (Phi) is 3.76. The van der Waals surface area contributed by atoms with Crippen LogP contribution in [0.3, 0.4) is 0 Å². The summed E-state index contributed by atoms with van der Waals surface area (Å²) in [5.74, 6) is 0.694. The van der Waals surface area contributed by atoms with E-state index in [4.69, 9.17) is 4.74 Å². The van der Waals surface area contributed by atoms with Gasteiger partial charge in [-0.25, -0.2) is 4.79 Å². The second-order valence-electron chi connectivity index (χ2n) is 2.55. The molecule has 0 bridgehead atoms. The average molecular weight is 259 g/mol. The predicted molar refractivity (Wildman–Crippen MR) is 58.8 cm³/mol. The number of amides is 2. The Morgan fingerprint density at radius 2 is 2.21 bits per heavy atom. The number of carbonyl (C=O) groups is 1. The van der Waals surface area contributed by atoms with Crippen LogP contribution in [0.25, 0.3) is 0 Å². The average Bonchev–Trinajstić information content (AvgIpc) is 2.21. The molecule has 1 aromatic carbocycles. The highest BCUT2D eigenvalue weighted by atomic mass is 79.9. The molecule has 0 unspecified atom stereocenters. The Labute approximate surface area is 90.8 Å². The summed E-state index contributed by atoms with van der Waals surface area (Å²) in [6.45, 7) is 0. The van der Waals surface area contributed by atoms with Crippen molar-refractivity contribution in [3.05, 3.63) is 22.7 Å². The Morgan fingerprint density at radius 1 is 1.50 bits per heavy atom. The molecular weight excluding hydrogens is 248 g/mol. The molecule has 5 heteroatoms. The van der Waals surface area contributed by atoms with Crippen molar-refractivity contribution in [2.24, 2.45) is 0 Å². The largest absolute Gasteiger partial charge is 0.497 e. The Hall–Kier alpha value is -1.23. The fourth-order valence-corrected chi connectivity index (χ4v) is 1.26. The summed E-state index contributed by atoms with van der Waals surface area (Å²) in [4.78, 5) is 11.0. The fourth-order valence-electron chi connectivity index (χ4n) is 0.912. The highest BCUT2D eigenvalue weighted by molar-refractivity contribution is 9.10. The second-order valence-corrected chi connectivity index (χ2v) is 3.40. The molecule has 0 spiro atoms. The van der Waals surface area contributed by atoms with E-state index in [0.29, 0.717) is 11.4 Å². The lowest BCUT2D eigenvalue weighted by molar-refractivity contribution is 0.254. The summed E-state index contributed by atoms with van der Waals surface area (Å²) >= 11 is 3.32. The maximum absolute atomic E-state index is 11.0. The van der Waals surface area contributed by atoms with E-state index in [0.717, 1.165) is 4.47 Å². The lowest BCUT2D eigenvalue weighted by atomic mass is 10.3. The molecule has 0 saturated heterocycles. The van der Waals surface area contributed by atoms with Crippen molar-refractivity contribution in [2.45, 2.75) is 0 Å². The van der Waals surface area contributed by atoms with Crippen LogP contribution in [-0.2, 0) is 0 Å². The van der Waals surface area contributed by atoms with Gasteiger partial charge in [-0.2, -0.15) is 0 Å². The van der Waals surface area contributed by atoms with Gasteiger partial charge in [-0.3, -0.25) is 0 Å². The van der Waals surface area contributed by atoms with Crippen LogP contribution in [0.5, 0.6) is 5.75 Å². The molecule has 1 rings (SSSR count). The summed E-state index contributed by atoms with van der Waals surface area (Å²) in [6, 6.07) is 5.08. The minimum atomic E-state index is -0.265. The highest BCUT2D eigenvalue weighted by Crippen LogP contribution is 2.26. The quantitative estimate of drug-likeness (QED) is 0.855. The minimum absolute atomic E-state index is 0.265. The molecule has 0 radical (unpaired) electrons. The number of urea groups is 1. The monoisotopic (exact) mass is 258 g/mol. The van der Waals surface area contributed by atoms with Crippen molar-refractivity contribution in [3.8, 4) is 5.75 Å². The first kappa shape index (κ1) is 10.8. The third kappa shape index (κ3) is 2.63. The first-order chi connectivity index (χ1) is 6.67. The zero-order valence-corrected chi connectivity index (χ0v) is 9.51. The molecule has 0 saturated carbocycles. The van der Waals surface area contributed by atoms with Crippen molar-refractivity contribution in [1.29, 1.82) is 0 Å². The van der Waals surface area contributed by atoms with E-state index in [1.54, 1.807) is 26.3 Å². The normalized spacial score (nSPS) is 9.36. The molecule has 0 aliphatic rings. The number of rotatable bonds is 2. The first-order valence-corrected chi connectivity index (χ1v) is 4.79. The number of halogens is 1. The van der Waals surface area contributed by atoms with Gasteiger partial charge in [0.05, 0.1) is 12.8 Å². The number of hydrogen-bond acceptors (Lipinski definition) is 2. The summed E-state index contributed by atoms with van der Waals surface area (Å²) < 4.78 is 5.84. The van der Waals surface area contributed by atoms with Crippen molar-refractivity contribution < 1.29 is 9.53 Å². The van der Waals surface area contributed by atoms with Gasteiger partial charge in [-0.05, 0) is 28.1 Å². The van der Waals surface area contributed by atoms with Crippen molar-refractivity contribution in [3.63, 3.8) is 0 Å². The molecule has 1 aromatic rings. The molecule has 2 N–H and O–H groups in total. The Morgan fingerprint density at radius 3 is 2.79 bits per heavy atom. The number of benzene rings is 1. The molecular formula is C9H11BrN2O2. The van der Waals surface area contributed by atoms with Gasteiger partial charge in [0, 0.05) is 17.6 Å². The summed E-state index contributed by atoms with van der Waals surface area (Å²) in [7, 11) is 3.14. The molecule has 0 aromatic heterocycles. The number of nitrogens with one attached hydrogen (secondary N) is 2. The van der Waals surface area contributed by atoms with E-state index in [1.165, 1.54) is 0 Å². The molecule has 0 fully saturated rings. The third-order valence-electron chi connectivity index (χ3n) is 1.65. The van der Waals surface area contributed by atoms with E-state index in [9.17, 15) is 4.79 Å². The second kappa shape index (κ2) is 4.85. The number of methoxy groups -OCH3 is 1. The predicted octanol–water partition coefficient (Wildman–Crippen LogP) is 2.21. The summed E-state index contributed by atoms with van der Waals surface area (Å²) in [6.07, 6.45) is 0. The zero-order chi connectivity index (χ0) is 10.6. The van der Waals surface area contributed by atoms with E-state index in [-0.39, 0.29) is 6.03 Å². The minimum Gasteiger partial charge on any atom is -0.497 e. The van der Waals surface area contributed by atoms with Gasteiger partial charge in [-0.1, -0.05) is 0 Å². The molecule has 76 valence electrons. The maximum Gasteiger partial charge on any atom is 0.319 e. The molecule has 14 heavy (non-hydrogen) atoms. The fraction of sp³-hybridized carbons (Fsp3) is 0.222. The van der Waals surface area contributed by atoms with Crippen LogP contribution in [0.4, 0.5) is 10.5 Å². The Bertz CT molecular complexity index is 342. The topological polar surface area (TPSA) is 50.4 Å². The van der Waals surface area contributed by atoms with Gasteiger partial charge in [0.1, 0.15) is 5.75 Å². The van der Waals surface area contributed by atoms with Crippen molar-refractivity contribution in [2.75, 3.05) is 19.5 Å². The molecule has 0 heterocycles. The summed E-state index contributed by atoms with van der Waals surface area (Å²) in [5.41, 5.74) is 0.670.